The van der Waals surface area contributed by atoms with Crippen LogP contribution in [-0.2, 0) is 11.3 Å². The van der Waals surface area contributed by atoms with E-state index in [4.69, 9.17) is 9.72 Å². The van der Waals surface area contributed by atoms with Crippen LogP contribution >= 0.6 is 35.3 Å². The molecule has 164 valence electrons. The van der Waals surface area contributed by atoms with Gasteiger partial charge in [-0.3, -0.25) is 4.99 Å². The van der Waals surface area contributed by atoms with E-state index >= 15 is 0 Å². The van der Waals surface area contributed by atoms with Crippen LogP contribution in [0.15, 0.2) is 40.7 Å². The number of likely N-dealkylation sites (tertiary alicyclic amines) is 1. The molecular formula is C21H30IN5O2S. The summed E-state index contributed by atoms with van der Waals surface area (Å²) in [5, 5.41) is 9.41. The van der Waals surface area contributed by atoms with Gasteiger partial charge in [0.2, 0.25) is 0 Å². The molecule has 1 amide bonds. The molecule has 1 aromatic carbocycles. The van der Waals surface area contributed by atoms with Crippen molar-refractivity contribution in [1.82, 2.24) is 20.5 Å². The maximum atomic E-state index is 12.0. The molecule has 1 unspecified atom stereocenters. The molecule has 2 aromatic rings. The molecule has 1 atom stereocenters. The van der Waals surface area contributed by atoms with Gasteiger partial charge in [-0.25, -0.2) is 9.78 Å². The van der Waals surface area contributed by atoms with Crippen LogP contribution in [0.2, 0.25) is 0 Å². The Morgan fingerprint density at radius 3 is 2.73 bits per heavy atom. The highest BCUT2D eigenvalue weighted by Gasteiger charge is 2.27. The van der Waals surface area contributed by atoms with Gasteiger partial charge >= 0.3 is 6.09 Å². The lowest BCUT2D eigenvalue weighted by atomic mass is 10.2. The predicted octanol–water partition coefficient (Wildman–Crippen LogP) is 4.10. The molecule has 2 heterocycles. The van der Waals surface area contributed by atoms with Crippen LogP contribution in [0, 0.1) is 0 Å². The molecule has 1 aliphatic heterocycles. The summed E-state index contributed by atoms with van der Waals surface area (Å²) >= 11 is 1.63. The Kier molecular flexibility index (Phi) is 8.90. The van der Waals surface area contributed by atoms with Gasteiger partial charge in [0, 0.05) is 31.1 Å². The molecule has 1 aromatic heterocycles. The van der Waals surface area contributed by atoms with Crippen LogP contribution in [0.25, 0.3) is 11.3 Å². The molecular weight excluding hydrogens is 513 g/mol. The van der Waals surface area contributed by atoms with E-state index in [0.29, 0.717) is 13.1 Å². The Hall–Kier alpha value is -1.88. The number of carbonyl (C=O) groups excluding carboxylic acids is 1. The van der Waals surface area contributed by atoms with E-state index in [1.807, 2.05) is 39.0 Å². The molecule has 1 fully saturated rings. The zero-order valence-electron chi connectivity index (χ0n) is 17.8. The zero-order chi connectivity index (χ0) is 20.9. The fourth-order valence-electron chi connectivity index (χ4n) is 3.17. The van der Waals surface area contributed by atoms with Crippen molar-refractivity contribution in [3.05, 3.63) is 40.7 Å². The van der Waals surface area contributed by atoms with E-state index in [0.717, 1.165) is 35.2 Å². The standard InChI is InChI=1S/C21H29N5O2S.HI/c1-21(2,3)28-20(27)24-16-10-11-26(13-16)19(22-4)23-12-18-25-17(14-29-18)15-8-6-5-7-9-15;/h5-9,14,16H,10-13H2,1-4H3,(H,22,23)(H,24,27);1H. The molecule has 0 bridgehead atoms. The molecule has 0 saturated carbocycles. The first-order valence-corrected chi connectivity index (χ1v) is 10.7. The number of hydrogen-bond acceptors (Lipinski definition) is 5. The second kappa shape index (κ2) is 10.9. The summed E-state index contributed by atoms with van der Waals surface area (Å²) in [6.45, 7) is 7.73. The van der Waals surface area contributed by atoms with Crippen molar-refractivity contribution in [1.29, 1.82) is 0 Å². The third kappa shape index (κ3) is 7.12. The maximum absolute atomic E-state index is 12.0. The van der Waals surface area contributed by atoms with Crippen LogP contribution < -0.4 is 10.6 Å². The number of nitrogens with one attached hydrogen (secondary N) is 2. The molecule has 3 rings (SSSR count). The van der Waals surface area contributed by atoms with Crippen molar-refractivity contribution >= 4 is 47.4 Å². The first-order valence-electron chi connectivity index (χ1n) is 9.79. The minimum Gasteiger partial charge on any atom is -0.444 e. The fourth-order valence-corrected chi connectivity index (χ4v) is 3.91. The summed E-state index contributed by atoms with van der Waals surface area (Å²) < 4.78 is 5.34. The minimum absolute atomic E-state index is 0. The van der Waals surface area contributed by atoms with Gasteiger partial charge < -0.3 is 20.3 Å². The first-order chi connectivity index (χ1) is 13.8. The number of ether oxygens (including phenoxy) is 1. The highest BCUT2D eigenvalue weighted by atomic mass is 127. The zero-order valence-corrected chi connectivity index (χ0v) is 21.0. The Labute approximate surface area is 199 Å². The Morgan fingerprint density at radius 2 is 2.07 bits per heavy atom. The largest absolute Gasteiger partial charge is 0.444 e. The molecule has 7 nitrogen and oxygen atoms in total. The quantitative estimate of drug-likeness (QED) is 0.345. The van der Waals surface area contributed by atoms with Crippen molar-refractivity contribution < 1.29 is 9.53 Å². The SMILES string of the molecule is CN=C(NCc1nc(-c2ccccc2)cs1)N1CCC(NC(=O)OC(C)(C)C)C1.I. The van der Waals surface area contributed by atoms with Crippen LogP contribution in [0.5, 0.6) is 0 Å². The minimum atomic E-state index is -0.494. The number of aromatic nitrogens is 1. The summed E-state index contributed by atoms with van der Waals surface area (Å²) in [4.78, 5) is 23.2. The lowest BCUT2D eigenvalue weighted by Gasteiger charge is -2.23. The van der Waals surface area contributed by atoms with Crippen LogP contribution in [-0.4, -0.2) is 53.7 Å². The van der Waals surface area contributed by atoms with Crippen molar-refractivity contribution in [3.63, 3.8) is 0 Å². The number of amides is 1. The van der Waals surface area contributed by atoms with Gasteiger partial charge in [-0.2, -0.15) is 0 Å². The van der Waals surface area contributed by atoms with Gasteiger partial charge in [0.1, 0.15) is 10.6 Å². The van der Waals surface area contributed by atoms with E-state index in [-0.39, 0.29) is 36.1 Å². The van der Waals surface area contributed by atoms with E-state index in [1.54, 1.807) is 18.4 Å². The maximum Gasteiger partial charge on any atom is 0.407 e. The van der Waals surface area contributed by atoms with Crippen molar-refractivity contribution in [2.45, 2.75) is 45.4 Å². The molecule has 0 spiro atoms. The van der Waals surface area contributed by atoms with E-state index in [9.17, 15) is 4.79 Å². The lowest BCUT2D eigenvalue weighted by Crippen LogP contribution is -2.44. The van der Waals surface area contributed by atoms with Gasteiger partial charge in [0.05, 0.1) is 18.3 Å². The van der Waals surface area contributed by atoms with Crippen LogP contribution in [0.3, 0.4) is 0 Å². The van der Waals surface area contributed by atoms with Crippen molar-refractivity contribution in [2.75, 3.05) is 20.1 Å². The van der Waals surface area contributed by atoms with Crippen LogP contribution in [0.4, 0.5) is 4.79 Å². The molecule has 2 N–H and O–H groups in total. The predicted molar refractivity (Wildman–Crippen MR) is 133 cm³/mol. The van der Waals surface area contributed by atoms with Gasteiger partial charge in [-0.05, 0) is 27.2 Å². The highest BCUT2D eigenvalue weighted by Crippen LogP contribution is 2.21. The third-order valence-corrected chi connectivity index (χ3v) is 5.29. The molecule has 1 aliphatic rings. The van der Waals surface area contributed by atoms with Gasteiger partial charge in [0.25, 0.3) is 0 Å². The fraction of sp³-hybridized carbons (Fsp3) is 0.476. The van der Waals surface area contributed by atoms with E-state index in [2.05, 4.69) is 38.0 Å². The number of carbonyl (C=O) groups is 1. The average molecular weight is 543 g/mol. The molecule has 0 radical (unpaired) electrons. The van der Waals surface area contributed by atoms with Crippen molar-refractivity contribution in [3.8, 4) is 11.3 Å². The molecule has 1 saturated heterocycles. The molecule has 9 heteroatoms. The van der Waals surface area contributed by atoms with Crippen LogP contribution in [0.1, 0.15) is 32.2 Å². The second-order valence-electron chi connectivity index (χ2n) is 7.97. The number of benzene rings is 1. The third-order valence-electron chi connectivity index (χ3n) is 4.44. The second-order valence-corrected chi connectivity index (χ2v) is 8.91. The van der Waals surface area contributed by atoms with E-state index < -0.39 is 5.60 Å². The molecule has 30 heavy (non-hydrogen) atoms. The Morgan fingerprint density at radius 1 is 1.33 bits per heavy atom. The number of nitrogens with zero attached hydrogens (tertiary/aromatic N) is 3. The summed E-state index contributed by atoms with van der Waals surface area (Å²) in [7, 11) is 1.77. The van der Waals surface area contributed by atoms with Gasteiger partial charge in [-0.1, -0.05) is 30.3 Å². The van der Waals surface area contributed by atoms with Crippen molar-refractivity contribution in [2.24, 2.45) is 4.99 Å². The van der Waals surface area contributed by atoms with Gasteiger partial charge in [0.15, 0.2) is 5.96 Å². The lowest BCUT2D eigenvalue weighted by molar-refractivity contribution is 0.0507. The first kappa shape index (κ1) is 24.4. The monoisotopic (exact) mass is 543 g/mol. The Balaban J connectivity index is 0.00000320. The highest BCUT2D eigenvalue weighted by molar-refractivity contribution is 14.0. The Bertz CT molecular complexity index is 851. The molecule has 0 aliphatic carbocycles. The number of aliphatic imine (C=N–C) groups is 1. The number of thiazole rings is 1. The summed E-state index contributed by atoms with van der Waals surface area (Å²) in [5.41, 5.74) is 1.62. The number of rotatable bonds is 4. The number of halogens is 1. The van der Waals surface area contributed by atoms with E-state index in [1.165, 1.54) is 0 Å². The number of alkyl carbamates (subject to hydrolysis) is 1. The smallest absolute Gasteiger partial charge is 0.407 e. The van der Waals surface area contributed by atoms with Gasteiger partial charge in [-0.15, -0.1) is 35.3 Å². The topological polar surface area (TPSA) is 78.9 Å². The summed E-state index contributed by atoms with van der Waals surface area (Å²) in [6.07, 6.45) is 0.485. The normalized spacial score (nSPS) is 16.7. The number of hydrogen-bond donors (Lipinski definition) is 2. The number of guanidine groups is 1. The average Bonchev–Trinajstić information content (AvgIpc) is 3.31. The summed E-state index contributed by atoms with van der Waals surface area (Å²) in [5.74, 6) is 0.815. The summed E-state index contributed by atoms with van der Waals surface area (Å²) in [6, 6.07) is 10.2.